The number of aromatic nitrogens is 4. The van der Waals surface area contributed by atoms with Crippen LogP contribution in [0.15, 0.2) is 101 Å². The average Bonchev–Trinajstić information content (AvgIpc) is 3.86. The van der Waals surface area contributed by atoms with Crippen LogP contribution in [0.1, 0.15) is 85.5 Å². The van der Waals surface area contributed by atoms with Crippen molar-refractivity contribution in [1.82, 2.24) is 35.3 Å². The Kier molecular flexibility index (Phi) is 12.3. The minimum atomic E-state index is -0.646. The molecule has 7 heterocycles. The predicted molar refractivity (Wildman–Crippen MR) is 244 cm³/mol. The zero-order valence-corrected chi connectivity index (χ0v) is 36.6. The van der Waals surface area contributed by atoms with E-state index in [1.165, 1.54) is 16.7 Å². The second-order valence-electron chi connectivity index (χ2n) is 17.6. The highest BCUT2D eigenvalue weighted by Crippen LogP contribution is 2.41. The summed E-state index contributed by atoms with van der Waals surface area (Å²) in [5, 5.41) is 15.1. The van der Waals surface area contributed by atoms with E-state index in [1.54, 1.807) is 24.5 Å². The summed E-state index contributed by atoms with van der Waals surface area (Å²) >= 11 is 1.50. The minimum absolute atomic E-state index is 0.0302. The number of benzene rings is 2. The molecule has 1 unspecified atom stereocenters. The van der Waals surface area contributed by atoms with Gasteiger partial charge < -0.3 is 30.7 Å². The number of nitrogens with zero attached hydrogens (tertiary/aromatic N) is 8. The number of carbonyl (C=O) groups excluding carboxylic acids is 4. The number of piperidine rings is 1. The van der Waals surface area contributed by atoms with E-state index in [-0.39, 0.29) is 24.1 Å². The van der Waals surface area contributed by atoms with Crippen LogP contribution in [0.3, 0.4) is 0 Å². The average molecular weight is 878 g/mol. The monoisotopic (exact) mass is 877 g/mol. The van der Waals surface area contributed by atoms with E-state index in [0.29, 0.717) is 41.9 Å². The summed E-state index contributed by atoms with van der Waals surface area (Å²) in [6, 6.07) is 16.5. The number of likely N-dealkylation sites (tertiary alicyclic amines) is 1. The lowest BCUT2D eigenvalue weighted by molar-refractivity contribution is -0.137. The number of amides is 4. The molecule has 9 rings (SSSR count). The van der Waals surface area contributed by atoms with Gasteiger partial charge in [0.1, 0.15) is 16.8 Å². The maximum absolute atomic E-state index is 13.0. The van der Waals surface area contributed by atoms with E-state index in [2.05, 4.69) is 52.4 Å². The molecule has 0 saturated carbocycles. The van der Waals surface area contributed by atoms with Crippen molar-refractivity contribution in [1.29, 1.82) is 0 Å². The number of rotatable bonds is 13. The Morgan fingerprint density at radius 2 is 1.78 bits per heavy atom. The molecule has 64 heavy (non-hydrogen) atoms. The molecule has 0 radical (unpaired) electrons. The van der Waals surface area contributed by atoms with E-state index in [4.69, 9.17) is 5.73 Å². The van der Waals surface area contributed by atoms with Gasteiger partial charge in [0.05, 0.1) is 17.9 Å². The van der Waals surface area contributed by atoms with E-state index >= 15 is 0 Å². The van der Waals surface area contributed by atoms with Gasteiger partial charge in [-0.2, -0.15) is 0 Å². The molecule has 2 aromatic carbocycles. The quantitative estimate of drug-likeness (QED) is 0.0902. The van der Waals surface area contributed by atoms with Crippen molar-refractivity contribution >= 4 is 52.7 Å². The van der Waals surface area contributed by atoms with E-state index in [1.807, 2.05) is 78.8 Å². The topological polar surface area (TPSA) is 183 Å². The van der Waals surface area contributed by atoms with Gasteiger partial charge in [-0.25, -0.2) is 9.97 Å². The number of nitrogens with two attached hydrogens (primary N) is 1. The van der Waals surface area contributed by atoms with Crippen LogP contribution in [0.4, 0.5) is 17.3 Å². The molecular formula is C48H51N11O4S. The zero-order chi connectivity index (χ0) is 44.3. The third kappa shape index (κ3) is 10.0. The molecule has 328 valence electrons. The summed E-state index contributed by atoms with van der Waals surface area (Å²) in [6.45, 7) is 7.43. The lowest BCUT2D eigenvalue weighted by atomic mass is 9.79. The number of anilines is 3. The maximum Gasteiger partial charge on any atom is 0.255 e. The molecule has 5 aliphatic heterocycles. The third-order valence-electron chi connectivity index (χ3n) is 12.4. The van der Waals surface area contributed by atoms with Gasteiger partial charge in [0.25, 0.3) is 5.91 Å². The van der Waals surface area contributed by atoms with Gasteiger partial charge in [-0.05, 0) is 111 Å². The standard InChI is InChI=1S/C48H51N11O4S/c1-47(49)18-22-57(23-19-47)41-27-51-44(28-50-41)64-37-8-6-7-36(26-37)52-42(60)9-4-2-3-5-21-56-30-48(31-56)20-24-58(32-48)40-16-13-35(54-55-40)12-10-33-11-14-38-34(25-33)29-59(46(38)63)39-15-17-43(61)53-45(39)62/h6-8,11,13-14,16,18-19,22-23,25-28,39H,2-5,9,15,17,20-21,24,29-32,49H2,1H3,(H,52,60)(H,53,61,62). The van der Waals surface area contributed by atoms with Crippen molar-refractivity contribution in [2.45, 2.75) is 86.3 Å². The van der Waals surface area contributed by atoms with Gasteiger partial charge in [-0.1, -0.05) is 36.6 Å². The molecule has 2 aromatic heterocycles. The normalized spacial score (nSPS) is 19.6. The van der Waals surface area contributed by atoms with Gasteiger partial charge in [0, 0.05) is 85.1 Å². The smallest absolute Gasteiger partial charge is 0.255 e. The first-order valence-corrected chi connectivity index (χ1v) is 22.7. The number of carbonyl (C=O) groups is 4. The fourth-order valence-electron chi connectivity index (χ4n) is 8.99. The van der Waals surface area contributed by atoms with Crippen LogP contribution in [0, 0.1) is 17.3 Å². The predicted octanol–water partition coefficient (Wildman–Crippen LogP) is 5.24. The Hall–Kier alpha value is -6.41. The number of unbranched alkanes of at least 4 members (excludes halogenated alkanes) is 3. The lowest BCUT2D eigenvalue weighted by Crippen LogP contribution is -2.57. The fourth-order valence-corrected chi connectivity index (χ4v) is 9.77. The first-order chi connectivity index (χ1) is 31.0. The zero-order valence-electron chi connectivity index (χ0n) is 35.8. The highest BCUT2D eigenvalue weighted by Gasteiger charge is 2.47. The van der Waals surface area contributed by atoms with Gasteiger partial charge >= 0.3 is 0 Å². The van der Waals surface area contributed by atoms with E-state index in [9.17, 15) is 19.2 Å². The van der Waals surface area contributed by atoms with E-state index < -0.39 is 17.5 Å². The number of fused-ring (bicyclic) bond motifs is 1. The largest absolute Gasteiger partial charge is 0.354 e. The Balaban J connectivity index is 0.651. The highest BCUT2D eigenvalue weighted by molar-refractivity contribution is 7.99. The lowest BCUT2D eigenvalue weighted by Gasteiger charge is -2.48. The van der Waals surface area contributed by atoms with Crippen molar-refractivity contribution in [2.24, 2.45) is 11.1 Å². The minimum Gasteiger partial charge on any atom is -0.354 e. The van der Waals surface area contributed by atoms with Crippen LogP contribution in [0.5, 0.6) is 0 Å². The highest BCUT2D eigenvalue weighted by atomic mass is 32.2. The number of hydrogen-bond acceptors (Lipinski definition) is 13. The van der Waals surface area contributed by atoms with Gasteiger partial charge in [-0.15, -0.1) is 10.2 Å². The third-order valence-corrected chi connectivity index (χ3v) is 13.3. The fraction of sp³-hybridized carbons (Fsp3) is 0.375. The van der Waals surface area contributed by atoms with E-state index in [0.717, 1.165) is 97.4 Å². The summed E-state index contributed by atoms with van der Waals surface area (Å²) < 4.78 is 0. The SMILES string of the molecule is CC1(N)C=CN(c2cnc(Sc3cccc(NC(=O)CCCCCCN4CC5(CCN(c6ccc(C#Cc7ccc8c(c7)CN(C7CCC(=O)NC7=O)C8=O)nn6)C5)C4)c3)cn2)C=C1. The molecule has 1 atom stereocenters. The summed E-state index contributed by atoms with van der Waals surface area (Å²) in [7, 11) is 0. The van der Waals surface area contributed by atoms with Crippen molar-refractivity contribution in [3.63, 3.8) is 0 Å². The first-order valence-electron chi connectivity index (χ1n) is 21.9. The molecule has 4 N–H and O–H groups in total. The van der Waals surface area contributed by atoms with Crippen molar-refractivity contribution in [3.8, 4) is 11.8 Å². The Bertz CT molecular complexity index is 2550. The van der Waals surface area contributed by atoms with Gasteiger partial charge in [0.15, 0.2) is 11.6 Å². The summed E-state index contributed by atoms with van der Waals surface area (Å²) in [4.78, 5) is 68.1. The Morgan fingerprint density at radius 3 is 2.56 bits per heavy atom. The molecule has 4 amide bonds. The van der Waals surface area contributed by atoms with Gasteiger partial charge in [-0.3, -0.25) is 24.5 Å². The van der Waals surface area contributed by atoms with Crippen molar-refractivity contribution < 1.29 is 19.2 Å². The number of nitrogens with one attached hydrogen (secondary N) is 2. The molecule has 4 aromatic rings. The molecule has 1 spiro atoms. The van der Waals surface area contributed by atoms with Crippen molar-refractivity contribution in [3.05, 3.63) is 114 Å². The molecule has 5 aliphatic rings. The molecule has 0 bridgehead atoms. The molecule has 3 saturated heterocycles. The van der Waals surface area contributed by atoms with Crippen LogP contribution >= 0.6 is 11.8 Å². The molecule has 0 aliphatic carbocycles. The Morgan fingerprint density at radius 1 is 0.938 bits per heavy atom. The van der Waals surface area contributed by atoms with Crippen molar-refractivity contribution in [2.75, 3.05) is 47.8 Å². The van der Waals surface area contributed by atoms with Gasteiger partial charge in [0.2, 0.25) is 17.7 Å². The van der Waals surface area contributed by atoms with Crippen LogP contribution in [-0.2, 0) is 20.9 Å². The van der Waals surface area contributed by atoms with Crippen LogP contribution < -0.4 is 26.2 Å². The Labute approximate surface area is 377 Å². The molecule has 3 fully saturated rings. The number of imide groups is 1. The number of hydrogen-bond donors (Lipinski definition) is 3. The summed E-state index contributed by atoms with van der Waals surface area (Å²) in [5.74, 6) is 6.92. The van der Waals surface area contributed by atoms with Crippen LogP contribution in [0.2, 0.25) is 0 Å². The maximum atomic E-state index is 13.0. The second-order valence-corrected chi connectivity index (χ2v) is 18.7. The molecule has 16 heteroatoms. The molecular weight excluding hydrogens is 827 g/mol. The first kappa shape index (κ1) is 42.9. The van der Waals surface area contributed by atoms with Crippen LogP contribution in [0.25, 0.3) is 0 Å². The second kappa shape index (κ2) is 18.4. The summed E-state index contributed by atoms with van der Waals surface area (Å²) in [6.07, 6.45) is 17.4. The molecule has 15 nitrogen and oxygen atoms in total. The summed E-state index contributed by atoms with van der Waals surface area (Å²) in [5.41, 5.74) is 9.40. The van der Waals surface area contributed by atoms with Crippen LogP contribution in [-0.4, -0.2) is 97.9 Å².